The number of halogens is 1. The summed E-state index contributed by atoms with van der Waals surface area (Å²) in [6, 6.07) is 11.9. The lowest BCUT2D eigenvalue weighted by Crippen LogP contribution is -2.26. The van der Waals surface area contributed by atoms with Gasteiger partial charge in [0, 0.05) is 22.4 Å². The van der Waals surface area contributed by atoms with E-state index in [1.165, 1.54) is 0 Å². The van der Waals surface area contributed by atoms with Crippen LogP contribution >= 0.6 is 15.9 Å². The van der Waals surface area contributed by atoms with Crippen molar-refractivity contribution in [2.45, 2.75) is 20.4 Å². The summed E-state index contributed by atoms with van der Waals surface area (Å²) in [6.45, 7) is 5.57. The molecular weight excluding hydrogens is 328 g/mol. The highest BCUT2D eigenvalue weighted by Crippen LogP contribution is 2.28. The number of amidine groups is 1. The van der Waals surface area contributed by atoms with Crippen LogP contribution in [-0.2, 0) is 6.54 Å². The Hall–Kier alpha value is -1.88. The quantitative estimate of drug-likeness (QED) is 0.643. The van der Waals surface area contributed by atoms with Crippen molar-refractivity contribution in [3.05, 3.63) is 57.8 Å². The summed E-state index contributed by atoms with van der Waals surface area (Å²) in [7, 11) is 0. The summed E-state index contributed by atoms with van der Waals surface area (Å²) in [5.41, 5.74) is 9.42. The molecule has 0 bridgehead atoms. The smallest absolute Gasteiger partial charge is 0.126 e. The predicted octanol–water partition coefficient (Wildman–Crippen LogP) is 3.46. The third-order valence-corrected chi connectivity index (χ3v) is 3.94. The average Bonchev–Trinajstić information content (AvgIpc) is 2.44. The lowest BCUT2D eigenvalue weighted by atomic mass is 10.1. The number of nitrogens with two attached hydrogens (primary N) is 1. The molecule has 4 nitrogen and oxygen atoms in total. The van der Waals surface area contributed by atoms with Gasteiger partial charge in [0.2, 0.25) is 0 Å². The van der Waals surface area contributed by atoms with Gasteiger partial charge in [0.1, 0.15) is 5.84 Å². The molecule has 2 aromatic rings. The van der Waals surface area contributed by atoms with Crippen LogP contribution in [0.25, 0.3) is 0 Å². The molecule has 1 aromatic carbocycles. The van der Waals surface area contributed by atoms with Gasteiger partial charge >= 0.3 is 0 Å². The minimum Gasteiger partial charge on any atom is -0.384 e. The van der Waals surface area contributed by atoms with Gasteiger partial charge in [-0.3, -0.25) is 10.4 Å². The molecule has 21 heavy (non-hydrogen) atoms. The van der Waals surface area contributed by atoms with Gasteiger partial charge in [0.05, 0.1) is 17.8 Å². The van der Waals surface area contributed by atoms with Gasteiger partial charge in [-0.15, -0.1) is 0 Å². The highest BCUT2D eigenvalue weighted by molar-refractivity contribution is 9.10. The Bertz CT molecular complexity index is 654. The summed E-state index contributed by atoms with van der Waals surface area (Å²) in [6.07, 6.45) is 0. The second-order valence-electron chi connectivity index (χ2n) is 4.83. The fraction of sp³-hybridized carbons (Fsp3) is 0.250. The maximum Gasteiger partial charge on any atom is 0.126 e. The van der Waals surface area contributed by atoms with Crippen LogP contribution in [0.4, 0.5) is 5.69 Å². The van der Waals surface area contributed by atoms with Crippen LogP contribution in [0.5, 0.6) is 0 Å². The highest BCUT2D eigenvalue weighted by atomic mass is 79.9. The molecular formula is C16H19BrN4. The Labute approximate surface area is 133 Å². The zero-order valence-electron chi connectivity index (χ0n) is 12.2. The number of hydrogen-bond donors (Lipinski definition) is 2. The first-order valence-corrected chi connectivity index (χ1v) is 7.62. The third kappa shape index (κ3) is 3.61. The SMILES string of the molecule is CCN(Cc1cccc(C)n1)c1cccc(Br)c1C(=N)N. The number of rotatable bonds is 5. The topological polar surface area (TPSA) is 66.0 Å². The van der Waals surface area contributed by atoms with Crippen LogP contribution in [0.2, 0.25) is 0 Å². The van der Waals surface area contributed by atoms with Crippen LogP contribution in [0.3, 0.4) is 0 Å². The van der Waals surface area contributed by atoms with Gasteiger partial charge in [-0.1, -0.05) is 12.1 Å². The summed E-state index contributed by atoms with van der Waals surface area (Å²) >= 11 is 3.48. The fourth-order valence-electron chi connectivity index (χ4n) is 2.29. The van der Waals surface area contributed by atoms with E-state index in [4.69, 9.17) is 11.1 Å². The van der Waals surface area contributed by atoms with Crippen LogP contribution in [0.1, 0.15) is 23.9 Å². The standard InChI is InChI=1S/C16H19BrN4/c1-3-21(10-12-7-4-6-11(2)20-12)14-9-5-8-13(17)15(14)16(18)19/h4-9H,3,10H2,1-2H3,(H3,18,19). The number of benzene rings is 1. The molecule has 3 N–H and O–H groups in total. The monoisotopic (exact) mass is 346 g/mol. The van der Waals surface area contributed by atoms with Crippen molar-refractivity contribution in [3.63, 3.8) is 0 Å². The lowest BCUT2D eigenvalue weighted by molar-refractivity contribution is 0.804. The van der Waals surface area contributed by atoms with E-state index >= 15 is 0 Å². The number of anilines is 1. The van der Waals surface area contributed by atoms with E-state index in [1.54, 1.807) is 0 Å². The predicted molar refractivity (Wildman–Crippen MR) is 90.9 cm³/mol. The van der Waals surface area contributed by atoms with Crippen molar-refractivity contribution in [1.82, 2.24) is 4.98 Å². The van der Waals surface area contributed by atoms with Gasteiger partial charge < -0.3 is 10.6 Å². The molecule has 1 heterocycles. The van der Waals surface area contributed by atoms with Crippen LogP contribution in [0, 0.1) is 12.3 Å². The second kappa shape index (κ2) is 6.72. The number of aryl methyl sites for hydroxylation is 1. The largest absolute Gasteiger partial charge is 0.384 e. The molecule has 0 amide bonds. The summed E-state index contributed by atoms with van der Waals surface area (Å²) in [4.78, 5) is 6.71. The van der Waals surface area contributed by atoms with E-state index < -0.39 is 0 Å². The van der Waals surface area contributed by atoms with Crippen molar-refractivity contribution in [2.24, 2.45) is 5.73 Å². The van der Waals surface area contributed by atoms with Gasteiger partial charge in [-0.2, -0.15) is 0 Å². The number of pyridine rings is 1. The van der Waals surface area contributed by atoms with Gasteiger partial charge in [-0.05, 0) is 54.0 Å². The molecule has 5 heteroatoms. The molecule has 0 unspecified atom stereocenters. The van der Waals surface area contributed by atoms with Crippen molar-refractivity contribution in [1.29, 1.82) is 5.41 Å². The van der Waals surface area contributed by atoms with E-state index in [0.717, 1.165) is 33.7 Å². The molecule has 0 spiro atoms. The minimum absolute atomic E-state index is 0.0631. The Kier molecular flexibility index (Phi) is 4.96. The lowest BCUT2D eigenvalue weighted by Gasteiger charge is -2.26. The number of aromatic nitrogens is 1. The molecule has 2 rings (SSSR count). The van der Waals surface area contributed by atoms with Crippen LogP contribution in [-0.4, -0.2) is 17.4 Å². The van der Waals surface area contributed by atoms with Gasteiger partial charge in [0.15, 0.2) is 0 Å². The van der Waals surface area contributed by atoms with Crippen LogP contribution < -0.4 is 10.6 Å². The molecule has 0 aliphatic carbocycles. The van der Waals surface area contributed by atoms with Gasteiger partial charge in [0.25, 0.3) is 0 Å². The maximum atomic E-state index is 7.80. The molecule has 0 saturated heterocycles. The van der Waals surface area contributed by atoms with Crippen LogP contribution in [0.15, 0.2) is 40.9 Å². The molecule has 0 atom stereocenters. The Morgan fingerprint density at radius 2 is 2.00 bits per heavy atom. The first kappa shape index (κ1) is 15.5. The van der Waals surface area contributed by atoms with E-state index in [1.807, 2.05) is 43.3 Å². The first-order valence-electron chi connectivity index (χ1n) is 6.83. The molecule has 0 radical (unpaired) electrons. The minimum atomic E-state index is 0.0631. The van der Waals surface area contributed by atoms with Crippen molar-refractivity contribution in [2.75, 3.05) is 11.4 Å². The molecule has 0 aliphatic rings. The highest BCUT2D eigenvalue weighted by Gasteiger charge is 2.15. The molecule has 1 aromatic heterocycles. The number of nitrogens with zero attached hydrogens (tertiary/aromatic N) is 2. The van der Waals surface area contributed by atoms with Gasteiger partial charge in [-0.25, -0.2) is 0 Å². The zero-order chi connectivity index (χ0) is 15.4. The van der Waals surface area contributed by atoms with E-state index in [-0.39, 0.29) is 5.84 Å². The number of nitrogen functional groups attached to an aromatic ring is 1. The number of nitrogens with one attached hydrogen (secondary N) is 1. The van der Waals surface area contributed by atoms with Crippen molar-refractivity contribution < 1.29 is 0 Å². The average molecular weight is 347 g/mol. The van der Waals surface area contributed by atoms with E-state index in [2.05, 4.69) is 32.7 Å². The molecule has 0 aliphatic heterocycles. The summed E-state index contributed by atoms with van der Waals surface area (Å²) in [5.74, 6) is 0.0631. The van der Waals surface area contributed by atoms with E-state index in [9.17, 15) is 0 Å². The Balaban J connectivity index is 2.38. The maximum absolute atomic E-state index is 7.80. The number of hydrogen-bond acceptors (Lipinski definition) is 3. The zero-order valence-corrected chi connectivity index (χ0v) is 13.8. The van der Waals surface area contributed by atoms with E-state index in [0.29, 0.717) is 6.54 Å². The molecule has 0 fully saturated rings. The normalized spacial score (nSPS) is 10.4. The Morgan fingerprint density at radius 1 is 1.29 bits per heavy atom. The summed E-state index contributed by atoms with van der Waals surface area (Å²) < 4.78 is 0.836. The fourth-order valence-corrected chi connectivity index (χ4v) is 2.86. The summed E-state index contributed by atoms with van der Waals surface area (Å²) in [5, 5.41) is 7.80. The third-order valence-electron chi connectivity index (χ3n) is 3.28. The molecule has 0 saturated carbocycles. The molecule has 110 valence electrons. The Morgan fingerprint density at radius 3 is 2.62 bits per heavy atom. The second-order valence-corrected chi connectivity index (χ2v) is 5.69. The van der Waals surface area contributed by atoms with Crippen molar-refractivity contribution >= 4 is 27.5 Å². The van der Waals surface area contributed by atoms with Crippen molar-refractivity contribution in [3.8, 4) is 0 Å². The first-order chi connectivity index (χ1) is 10.0.